The number of unbranched alkanes of at least 4 members (excludes halogenated alkanes) is 2. The molecular formula is C17H36. The fraction of sp³-hybridized carbons (Fsp3) is 1.00. The molecule has 0 bridgehead atoms. The Morgan fingerprint density at radius 3 is 1.76 bits per heavy atom. The van der Waals surface area contributed by atoms with E-state index in [4.69, 9.17) is 0 Å². The van der Waals surface area contributed by atoms with Gasteiger partial charge in [-0.15, -0.1) is 0 Å². The summed E-state index contributed by atoms with van der Waals surface area (Å²) in [5.41, 5.74) is 0. The van der Waals surface area contributed by atoms with E-state index >= 15 is 0 Å². The van der Waals surface area contributed by atoms with Crippen molar-refractivity contribution in [3.63, 3.8) is 0 Å². The normalized spacial score (nSPS) is 19.1. The molecule has 104 valence electrons. The van der Waals surface area contributed by atoms with Crippen LogP contribution in [0.15, 0.2) is 0 Å². The highest BCUT2D eigenvalue weighted by atomic mass is 14.3. The van der Waals surface area contributed by atoms with E-state index in [0.29, 0.717) is 0 Å². The standard InChI is InChI=1S/C17H36/c1-8-9-10-11-14(4)17(7)16(6)12-15(5)13(2)3/h13-17H,8-12H2,1-7H3. The first-order valence-electron chi connectivity index (χ1n) is 7.90. The molecule has 0 radical (unpaired) electrons. The molecule has 0 saturated carbocycles. The molecule has 0 saturated heterocycles. The van der Waals surface area contributed by atoms with E-state index in [-0.39, 0.29) is 0 Å². The van der Waals surface area contributed by atoms with Crippen LogP contribution in [0.25, 0.3) is 0 Å². The molecule has 17 heavy (non-hydrogen) atoms. The Balaban J connectivity index is 3.97. The highest BCUT2D eigenvalue weighted by molar-refractivity contribution is 4.71. The van der Waals surface area contributed by atoms with Gasteiger partial charge in [0.25, 0.3) is 0 Å². The average Bonchev–Trinajstić information content (AvgIpc) is 2.27. The third kappa shape index (κ3) is 7.11. The average molecular weight is 240 g/mol. The quantitative estimate of drug-likeness (QED) is 0.424. The Hall–Kier alpha value is 0. The van der Waals surface area contributed by atoms with E-state index in [1.807, 2.05) is 0 Å². The first-order chi connectivity index (χ1) is 7.90. The SMILES string of the molecule is CCCCCC(C)C(C)C(C)CC(C)C(C)C. The smallest absolute Gasteiger partial charge is 0.0391 e. The van der Waals surface area contributed by atoms with E-state index < -0.39 is 0 Å². The molecule has 0 aromatic rings. The van der Waals surface area contributed by atoms with Crippen LogP contribution in [0, 0.1) is 29.6 Å². The zero-order valence-electron chi connectivity index (χ0n) is 13.4. The minimum atomic E-state index is 0.833. The van der Waals surface area contributed by atoms with Crippen LogP contribution in [0.3, 0.4) is 0 Å². The van der Waals surface area contributed by atoms with Crippen molar-refractivity contribution in [2.45, 2.75) is 80.6 Å². The van der Waals surface area contributed by atoms with Crippen LogP contribution >= 0.6 is 0 Å². The minimum absolute atomic E-state index is 0.833. The van der Waals surface area contributed by atoms with Gasteiger partial charge in [-0.05, 0) is 36.0 Å². The molecule has 4 atom stereocenters. The van der Waals surface area contributed by atoms with Gasteiger partial charge >= 0.3 is 0 Å². The Morgan fingerprint density at radius 1 is 0.706 bits per heavy atom. The van der Waals surface area contributed by atoms with Gasteiger partial charge in [0, 0.05) is 0 Å². The molecule has 0 N–H and O–H groups in total. The molecule has 0 aliphatic carbocycles. The van der Waals surface area contributed by atoms with Crippen molar-refractivity contribution in [2.24, 2.45) is 29.6 Å². The molecule has 0 amide bonds. The third-order valence-electron chi connectivity index (χ3n) is 4.94. The van der Waals surface area contributed by atoms with Gasteiger partial charge in [0.05, 0.1) is 0 Å². The Labute approximate surface area is 111 Å². The van der Waals surface area contributed by atoms with Gasteiger partial charge in [0.15, 0.2) is 0 Å². The van der Waals surface area contributed by atoms with Crippen molar-refractivity contribution in [1.29, 1.82) is 0 Å². The monoisotopic (exact) mass is 240 g/mol. The van der Waals surface area contributed by atoms with Crippen LogP contribution in [0.4, 0.5) is 0 Å². The van der Waals surface area contributed by atoms with E-state index in [0.717, 1.165) is 29.6 Å². The van der Waals surface area contributed by atoms with E-state index in [1.165, 1.54) is 32.1 Å². The fourth-order valence-corrected chi connectivity index (χ4v) is 2.61. The van der Waals surface area contributed by atoms with Crippen molar-refractivity contribution < 1.29 is 0 Å². The summed E-state index contributed by atoms with van der Waals surface area (Å²) in [6, 6.07) is 0. The summed E-state index contributed by atoms with van der Waals surface area (Å²) in [4.78, 5) is 0. The predicted octanol–water partition coefficient (Wildman–Crippen LogP) is 6.16. The fourth-order valence-electron chi connectivity index (χ4n) is 2.61. The molecule has 0 nitrogen and oxygen atoms in total. The lowest BCUT2D eigenvalue weighted by atomic mass is 9.77. The Bertz CT molecular complexity index is 171. The van der Waals surface area contributed by atoms with E-state index in [1.54, 1.807) is 0 Å². The molecule has 0 heterocycles. The summed E-state index contributed by atoms with van der Waals surface area (Å²) in [5, 5.41) is 0. The second kappa shape index (κ2) is 9.00. The maximum atomic E-state index is 2.47. The number of hydrogen-bond acceptors (Lipinski definition) is 0. The second-order valence-electron chi connectivity index (χ2n) is 6.77. The Kier molecular flexibility index (Phi) is 9.00. The first-order valence-corrected chi connectivity index (χ1v) is 7.90. The lowest BCUT2D eigenvalue weighted by Crippen LogP contribution is -2.20. The summed E-state index contributed by atoms with van der Waals surface area (Å²) in [6.07, 6.45) is 7.01. The van der Waals surface area contributed by atoms with Crippen LogP contribution in [0.5, 0.6) is 0 Å². The maximum absolute atomic E-state index is 2.47. The van der Waals surface area contributed by atoms with Crippen molar-refractivity contribution in [3.05, 3.63) is 0 Å². The summed E-state index contributed by atoms with van der Waals surface area (Å²) < 4.78 is 0. The van der Waals surface area contributed by atoms with Crippen molar-refractivity contribution in [3.8, 4) is 0 Å². The second-order valence-corrected chi connectivity index (χ2v) is 6.77. The lowest BCUT2D eigenvalue weighted by Gasteiger charge is -2.29. The molecule has 0 rings (SSSR count). The summed E-state index contributed by atoms with van der Waals surface area (Å²) in [6.45, 7) is 16.8. The van der Waals surface area contributed by atoms with Crippen LogP contribution in [-0.4, -0.2) is 0 Å². The number of hydrogen-bond donors (Lipinski definition) is 0. The molecule has 0 aromatic heterocycles. The third-order valence-corrected chi connectivity index (χ3v) is 4.94. The maximum Gasteiger partial charge on any atom is -0.0391 e. The molecule has 4 unspecified atom stereocenters. The van der Waals surface area contributed by atoms with Gasteiger partial charge in [-0.2, -0.15) is 0 Å². The largest absolute Gasteiger partial charge is 0.0654 e. The van der Waals surface area contributed by atoms with Crippen LogP contribution < -0.4 is 0 Å². The molecular weight excluding hydrogens is 204 g/mol. The molecule has 0 spiro atoms. The minimum Gasteiger partial charge on any atom is -0.0654 e. The zero-order chi connectivity index (χ0) is 13.4. The first kappa shape index (κ1) is 17.0. The van der Waals surface area contributed by atoms with Gasteiger partial charge in [0.2, 0.25) is 0 Å². The van der Waals surface area contributed by atoms with Gasteiger partial charge in [-0.1, -0.05) is 74.1 Å². The van der Waals surface area contributed by atoms with Crippen molar-refractivity contribution >= 4 is 0 Å². The predicted molar refractivity (Wildman–Crippen MR) is 80.3 cm³/mol. The topological polar surface area (TPSA) is 0 Å². The molecule has 0 aliphatic heterocycles. The molecule has 0 heteroatoms. The molecule has 0 aromatic carbocycles. The van der Waals surface area contributed by atoms with Crippen molar-refractivity contribution in [1.82, 2.24) is 0 Å². The van der Waals surface area contributed by atoms with Gasteiger partial charge in [-0.3, -0.25) is 0 Å². The summed E-state index contributed by atoms with van der Waals surface area (Å²) in [5.74, 6) is 4.36. The Morgan fingerprint density at radius 2 is 1.29 bits per heavy atom. The van der Waals surface area contributed by atoms with E-state index in [2.05, 4.69) is 48.5 Å². The highest BCUT2D eigenvalue weighted by Gasteiger charge is 2.21. The molecule has 0 aliphatic rings. The summed E-state index contributed by atoms with van der Waals surface area (Å²) in [7, 11) is 0. The van der Waals surface area contributed by atoms with Gasteiger partial charge in [-0.25, -0.2) is 0 Å². The zero-order valence-corrected chi connectivity index (χ0v) is 13.4. The molecule has 0 fully saturated rings. The van der Waals surface area contributed by atoms with E-state index in [9.17, 15) is 0 Å². The van der Waals surface area contributed by atoms with Crippen LogP contribution in [0.1, 0.15) is 80.6 Å². The van der Waals surface area contributed by atoms with Crippen LogP contribution in [-0.2, 0) is 0 Å². The highest BCUT2D eigenvalue weighted by Crippen LogP contribution is 2.31. The van der Waals surface area contributed by atoms with Crippen molar-refractivity contribution in [2.75, 3.05) is 0 Å². The van der Waals surface area contributed by atoms with Gasteiger partial charge < -0.3 is 0 Å². The van der Waals surface area contributed by atoms with Gasteiger partial charge in [0.1, 0.15) is 0 Å². The number of rotatable bonds is 9. The lowest BCUT2D eigenvalue weighted by molar-refractivity contribution is 0.210. The van der Waals surface area contributed by atoms with Crippen LogP contribution in [0.2, 0.25) is 0 Å². The summed E-state index contributed by atoms with van der Waals surface area (Å²) >= 11 is 0.